The van der Waals surface area contributed by atoms with E-state index in [0.29, 0.717) is 42.5 Å². The molecule has 1 aliphatic rings. The lowest BCUT2D eigenvalue weighted by atomic mass is 10.1. The van der Waals surface area contributed by atoms with Gasteiger partial charge < -0.3 is 9.64 Å². The van der Waals surface area contributed by atoms with Gasteiger partial charge in [0.1, 0.15) is 5.75 Å². The van der Waals surface area contributed by atoms with Gasteiger partial charge in [-0.05, 0) is 37.5 Å². The molecule has 1 aromatic rings. The number of halogens is 1. The highest BCUT2D eigenvalue weighted by molar-refractivity contribution is 7.89. The highest BCUT2D eigenvalue weighted by atomic mass is 35.5. The zero-order valence-electron chi connectivity index (χ0n) is 12.3. The maximum Gasteiger partial charge on any atom is 0.253 e. The summed E-state index contributed by atoms with van der Waals surface area (Å²) < 4.78 is 27.6. The van der Waals surface area contributed by atoms with E-state index in [2.05, 4.69) is 0 Å². The minimum absolute atomic E-state index is 0.0964. The zero-order chi connectivity index (χ0) is 16.3. The normalized spacial score (nSPS) is 18.5. The molecule has 2 N–H and O–H groups in total. The van der Waals surface area contributed by atoms with Crippen LogP contribution in [-0.4, -0.2) is 44.7 Å². The summed E-state index contributed by atoms with van der Waals surface area (Å²) in [7, 11) is -3.52. The maximum atomic E-state index is 12.4. The van der Waals surface area contributed by atoms with E-state index in [0.717, 1.165) is 0 Å². The quantitative estimate of drug-likeness (QED) is 0.874. The first-order valence-electron chi connectivity index (χ1n) is 7.02. The number of rotatable bonds is 5. The van der Waals surface area contributed by atoms with Crippen LogP contribution in [0.25, 0.3) is 0 Å². The number of nitrogens with zero attached hydrogens (tertiary/aromatic N) is 1. The third-order valence-corrected chi connectivity index (χ3v) is 4.75. The van der Waals surface area contributed by atoms with Crippen molar-refractivity contribution in [3.05, 3.63) is 28.8 Å². The van der Waals surface area contributed by atoms with Crippen LogP contribution in [0.15, 0.2) is 18.2 Å². The summed E-state index contributed by atoms with van der Waals surface area (Å²) in [5.41, 5.74) is 0.463. The van der Waals surface area contributed by atoms with Gasteiger partial charge in [-0.1, -0.05) is 11.6 Å². The predicted molar refractivity (Wildman–Crippen MR) is 84.6 cm³/mol. The van der Waals surface area contributed by atoms with Gasteiger partial charge in [0.2, 0.25) is 10.0 Å². The molecule has 0 radical (unpaired) electrons. The molecule has 1 saturated heterocycles. The van der Waals surface area contributed by atoms with Crippen molar-refractivity contribution in [1.82, 2.24) is 4.90 Å². The van der Waals surface area contributed by atoms with Gasteiger partial charge in [0, 0.05) is 18.7 Å². The Morgan fingerprint density at radius 1 is 1.50 bits per heavy atom. The van der Waals surface area contributed by atoms with Gasteiger partial charge in [-0.3, -0.25) is 4.79 Å². The van der Waals surface area contributed by atoms with E-state index in [4.69, 9.17) is 21.5 Å². The van der Waals surface area contributed by atoms with Crippen LogP contribution in [0, 0.1) is 5.92 Å². The molecule has 0 bridgehead atoms. The molecule has 0 unspecified atom stereocenters. The molecular formula is C14H19ClN2O4S. The first-order valence-corrected chi connectivity index (χ1v) is 9.11. The number of amides is 1. The number of hydrogen-bond donors (Lipinski definition) is 1. The fourth-order valence-electron chi connectivity index (χ4n) is 2.57. The molecular weight excluding hydrogens is 328 g/mol. The first kappa shape index (κ1) is 17.1. The smallest absolute Gasteiger partial charge is 0.253 e. The fourth-order valence-corrected chi connectivity index (χ4v) is 3.73. The lowest BCUT2D eigenvalue weighted by Gasteiger charge is -2.17. The second-order valence-electron chi connectivity index (χ2n) is 5.31. The van der Waals surface area contributed by atoms with Gasteiger partial charge in [0.05, 0.1) is 17.4 Å². The number of carbonyl (C=O) groups is 1. The number of likely N-dealkylation sites (tertiary alicyclic amines) is 1. The average Bonchev–Trinajstić information content (AvgIpc) is 2.86. The maximum absolute atomic E-state index is 12.4. The lowest BCUT2D eigenvalue weighted by molar-refractivity contribution is 0.0788. The largest absolute Gasteiger partial charge is 0.492 e. The topological polar surface area (TPSA) is 89.7 Å². The molecule has 1 aliphatic heterocycles. The van der Waals surface area contributed by atoms with Crippen LogP contribution in [0.1, 0.15) is 23.7 Å². The van der Waals surface area contributed by atoms with Crippen molar-refractivity contribution in [1.29, 1.82) is 0 Å². The number of benzene rings is 1. The third kappa shape index (κ3) is 4.34. The summed E-state index contributed by atoms with van der Waals surface area (Å²) in [4.78, 5) is 14.1. The molecule has 0 aliphatic carbocycles. The van der Waals surface area contributed by atoms with Crippen molar-refractivity contribution in [3.63, 3.8) is 0 Å². The molecule has 122 valence electrons. The predicted octanol–water partition coefficient (Wildman–Crippen LogP) is 1.49. The minimum Gasteiger partial charge on any atom is -0.492 e. The van der Waals surface area contributed by atoms with E-state index in [1.807, 2.05) is 6.92 Å². The van der Waals surface area contributed by atoms with Crippen molar-refractivity contribution in [2.75, 3.05) is 25.4 Å². The average molecular weight is 347 g/mol. The minimum atomic E-state index is -3.52. The molecule has 1 aromatic carbocycles. The highest BCUT2D eigenvalue weighted by Crippen LogP contribution is 2.27. The second kappa shape index (κ2) is 6.85. The lowest BCUT2D eigenvalue weighted by Crippen LogP contribution is -2.30. The van der Waals surface area contributed by atoms with Gasteiger partial charge >= 0.3 is 0 Å². The summed E-state index contributed by atoms with van der Waals surface area (Å²) in [5.74, 6) is 0.161. The Morgan fingerprint density at radius 2 is 2.23 bits per heavy atom. The summed E-state index contributed by atoms with van der Waals surface area (Å²) >= 11 is 6.08. The molecule has 1 atom stereocenters. The Morgan fingerprint density at radius 3 is 2.82 bits per heavy atom. The Hall–Kier alpha value is -1.31. The van der Waals surface area contributed by atoms with E-state index in [-0.39, 0.29) is 17.6 Å². The van der Waals surface area contributed by atoms with Gasteiger partial charge in [0.15, 0.2) is 0 Å². The molecule has 0 saturated carbocycles. The van der Waals surface area contributed by atoms with Crippen LogP contribution in [-0.2, 0) is 10.0 Å². The van der Waals surface area contributed by atoms with Crippen LogP contribution >= 0.6 is 11.6 Å². The number of nitrogens with two attached hydrogens (primary N) is 1. The van der Waals surface area contributed by atoms with Crippen molar-refractivity contribution in [2.24, 2.45) is 11.1 Å². The SMILES string of the molecule is CCOc1ccc(C(=O)N2CC[C@H](CS(N)(=O)=O)C2)cc1Cl. The standard InChI is InChI=1S/C14H19ClN2O4S/c1-2-21-13-4-3-11(7-12(13)15)14(18)17-6-5-10(8-17)9-22(16,19)20/h3-4,7,10H,2,5-6,8-9H2,1H3,(H2,16,19,20)/t10-/m0/s1. The van der Waals surface area contributed by atoms with Crippen molar-refractivity contribution in [2.45, 2.75) is 13.3 Å². The molecule has 2 rings (SSSR count). The van der Waals surface area contributed by atoms with Crippen molar-refractivity contribution < 1.29 is 17.9 Å². The van der Waals surface area contributed by atoms with E-state index in [1.165, 1.54) is 0 Å². The number of hydrogen-bond acceptors (Lipinski definition) is 4. The van der Waals surface area contributed by atoms with Gasteiger partial charge in [0.25, 0.3) is 5.91 Å². The van der Waals surface area contributed by atoms with Crippen molar-refractivity contribution in [3.8, 4) is 5.75 Å². The van der Waals surface area contributed by atoms with Gasteiger partial charge in [-0.25, -0.2) is 13.6 Å². The number of ether oxygens (including phenoxy) is 1. The second-order valence-corrected chi connectivity index (χ2v) is 7.38. The fraction of sp³-hybridized carbons (Fsp3) is 0.500. The van der Waals surface area contributed by atoms with Crippen LogP contribution in [0.2, 0.25) is 5.02 Å². The molecule has 0 spiro atoms. The molecule has 8 heteroatoms. The van der Waals surface area contributed by atoms with Crippen molar-refractivity contribution >= 4 is 27.5 Å². The summed E-state index contributed by atoms with van der Waals surface area (Å²) in [5, 5.41) is 5.43. The Bertz CT molecular complexity index is 663. The van der Waals surface area contributed by atoms with Gasteiger partial charge in [-0.2, -0.15) is 0 Å². The summed E-state index contributed by atoms with van der Waals surface area (Å²) in [6.45, 7) is 3.25. The molecule has 1 amide bonds. The molecule has 1 fully saturated rings. The van der Waals surface area contributed by atoms with Crippen LogP contribution in [0.3, 0.4) is 0 Å². The third-order valence-electron chi connectivity index (χ3n) is 3.52. The molecule has 6 nitrogen and oxygen atoms in total. The van der Waals surface area contributed by atoms with Crippen LogP contribution in [0.5, 0.6) is 5.75 Å². The Balaban J connectivity index is 2.05. The Kier molecular flexibility index (Phi) is 5.31. The molecule has 1 heterocycles. The van der Waals surface area contributed by atoms with Crippen LogP contribution in [0.4, 0.5) is 0 Å². The van der Waals surface area contributed by atoms with E-state index in [1.54, 1.807) is 23.1 Å². The summed E-state index contributed by atoms with van der Waals surface area (Å²) in [6, 6.07) is 4.89. The first-order chi connectivity index (χ1) is 10.3. The summed E-state index contributed by atoms with van der Waals surface area (Å²) in [6.07, 6.45) is 0.632. The monoisotopic (exact) mass is 346 g/mol. The van der Waals surface area contributed by atoms with E-state index < -0.39 is 10.0 Å². The van der Waals surface area contributed by atoms with E-state index in [9.17, 15) is 13.2 Å². The Labute approximate surface area is 135 Å². The van der Waals surface area contributed by atoms with Gasteiger partial charge in [-0.15, -0.1) is 0 Å². The number of primary sulfonamides is 1. The molecule has 0 aromatic heterocycles. The van der Waals surface area contributed by atoms with Crippen LogP contribution < -0.4 is 9.88 Å². The highest BCUT2D eigenvalue weighted by Gasteiger charge is 2.29. The van der Waals surface area contributed by atoms with E-state index >= 15 is 0 Å². The zero-order valence-corrected chi connectivity index (χ0v) is 13.9. The molecule has 22 heavy (non-hydrogen) atoms. The number of carbonyl (C=O) groups excluding carboxylic acids is 1. The number of sulfonamides is 1.